The van der Waals surface area contributed by atoms with Gasteiger partial charge in [-0.25, -0.2) is 4.39 Å². The van der Waals surface area contributed by atoms with Gasteiger partial charge in [0.25, 0.3) is 0 Å². The number of piperazine rings is 1. The number of nitrogens with one attached hydrogen (secondary N) is 1. The Hall–Kier alpha value is -2.43. The summed E-state index contributed by atoms with van der Waals surface area (Å²) in [4.78, 5) is 6.51. The Balaban J connectivity index is 1.52. The molecule has 0 bridgehead atoms. The number of hydrogen-bond acceptors (Lipinski definition) is 3. The Labute approximate surface area is 202 Å². The number of halogens is 2. The highest BCUT2D eigenvalue weighted by atomic mass is 35.5. The number of hydrogen-bond donors (Lipinski definition) is 1. The number of nitrogens with zero attached hydrogens (tertiary/aromatic N) is 2. The van der Waals surface area contributed by atoms with Gasteiger partial charge in [-0.05, 0) is 79.1 Å². The molecule has 0 radical (unpaired) electrons. The second-order valence-electron chi connectivity index (χ2n) is 8.92. The summed E-state index contributed by atoms with van der Waals surface area (Å²) in [5.41, 5.74) is 6.56. The molecule has 33 heavy (non-hydrogen) atoms. The first-order valence-electron chi connectivity index (χ1n) is 11.9. The predicted octanol–water partition coefficient (Wildman–Crippen LogP) is 5.97. The molecule has 1 saturated heterocycles. The van der Waals surface area contributed by atoms with E-state index in [2.05, 4.69) is 52.5 Å². The minimum Gasteiger partial charge on any atom is -0.369 e. The molecule has 0 spiro atoms. The van der Waals surface area contributed by atoms with Crippen molar-refractivity contribution < 1.29 is 4.39 Å². The lowest BCUT2D eigenvalue weighted by molar-refractivity contribution is 0.265. The Kier molecular flexibility index (Phi) is 8.00. The molecule has 0 aliphatic carbocycles. The van der Waals surface area contributed by atoms with Crippen molar-refractivity contribution in [2.24, 2.45) is 0 Å². The largest absolute Gasteiger partial charge is 0.369 e. The van der Waals surface area contributed by atoms with Gasteiger partial charge in [0.2, 0.25) is 5.13 Å². The van der Waals surface area contributed by atoms with E-state index in [0.717, 1.165) is 51.0 Å². The third-order valence-electron chi connectivity index (χ3n) is 6.59. The van der Waals surface area contributed by atoms with Crippen LogP contribution in [0.5, 0.6) is 0 Å². The maximum Gasteiger partial charge on any atom is 0.209 e. The van der Waals surface area contributed by atoms with Crippen LogP contribution in [0.3, 0.4) is 0 Å². The molecule has 1 aliphatic heterocycles. The molecule has 1 aromatic heterocycles. The first-order valence-corrected chi connectivity index (χ1v) is 12.3. The zero-order valence-corrected chi connectivity index (χ0v) is 20.1. The molecule has 1 unspecified atom stereocenters. The molecular formula is C28H33ClFN3. The lowest BCUT2D eigenvalue weighted by Gasteiger charge is -2.32. The average molecular weight is 466 g/mol. The van der Waals surface area contributed by atoms with E-state index in [9.17, 15) is 0 Å². The number of alkyl halides is 2. The van der Waals surface area contributed by atoms with Crippen LogP contribution >= 0.6 is 11.6 Å². The molecule has 0 saturated carbocycles. The lowest BCUT2D eigenvalue weighted by Crippen LogP contribution is -2.43. The summed E-state index contributed by atoms with van der Waals surface area (Å²) in [6.45, 7) is 5.93. The Bertz CT molecular complexity index is 1030. The van der Waals surface area contributed by atoms with E-state index < -0.39 is 5.13 Å². The summed E-state index contributed by atoms with van der Waals surface area (Å²) >= 11 is 6.51. The Morgan fingerprint density at radius 2 is 1.73 bits per heavy atom. The SMILES string of the molecule is Cc1ccccc1CCC(F)(Cl)c1ccc(N2CCNCC2)c(CCCc2ccncc2)c1. The number of rotatable bonds is 9. The van der Waals surface area contributed by atoms with Crippen LogP contribution in [0.25, 0.3) is 0 Å². The third kappa shape index (κ3) is 6.33. The first-order chi connectivity index (χ1) is 16.0. The highest BCUT2D eigenvalue weighted by Crippen LogP contribution is 2.38. The second kappa shape index (κ2) is 11.1. The molecule has 4 rings (SSSR count). The summed E-state index contributed by atoms with van der Waals surface area (Å²) in [5, 5.41) is 1.53. The summed E-state index contributed by atoms with van der Waals surface area (Å²) in [6, 6.07) is 18.2. The van der Waals surface area contributed by atoms with E-state index in [0.29, 0.717) is 12.0 Å². The molecule has 3 aromatic rings. The van der Waals surface area contributed by atoms with Crippen LogP contribution in [-0.4, -0.2) is 31.2 Å². The highest BCUT2D eigenvalue weighted by Gasteiger charge is 2.30. The van der Waals surface area contributed by atoms with E-state index in [1.807, 2.05) is 36.7 Å². The molecule has 1 fully saturated rings. The fourth-order valence-corrected chi connectivity index (χ4v) is 4.80. The lowest BCUT2D eigenvalue weighted by atomic mass is 9.95. The normalized spacial score (nSPS) is 15.9. The molecule has 174 valence electrons. The fraction of sp³-hybridized carbons (Fsp3) is 0.393. The summed E-state index contributed by atoms with van der Waals surface area (Å²) in [5.74, 6) is 0. The minimum atomic E-state index is -1.88. The van der Waals surface area contributed by atoms with Crippen LogP contribution in [0.1, 0.15) is 40.7 Å². The Morgan fingerprint density at radius 1 is 0.970 bits per heavy atom. The van der Waals surface area contributed by atoms with Crippen molar-refractivity contribution in [3.8, 4) is 0 Å². The van der Waals surface area contributed by atoms with Gasteiger partial charge >= 0.3 is 0 Å². The van der Waals surface area contributed by atoms with E-state index in [1.165, 1.54) is 22.4 Å². The third-order valence-corrected chi connectivity index (χ3v) is 7.00. The van der Waals surface area contributed by atoms with Crippen LogP contribution in [0, 0.1) is 6.92 Å². The molecular weight excluding hydrogens is 433 g/mol. The minimum absolute atomic E-state index is 0.253. The number of pyridine rings is 1. The Morgan fingerprint density at radius 3 is 2.48 bits per heavy atom. The molecule has 5 heteroatoms. The van der Waals surface area contributed by atoms with Gasteiger partial charge in [0.1, 0.15) is 0 Å². The second-order valence-corrected chi connectivity index (χ2v) is 9.52. The van der Waals surface area contributed by atoms with Crippen LogP contribution < -0.4 is 10.2 Å². The highest BCUT2D eigenvalue weighted by molar-refractivity contribution is 6.22. The number of anilines is 1. The monoisotopic (exact) mass is 465 g/mol. The summed E-state index contributed by atoms with van der Waals surface area (Å²) in [7, 11) is 0. The maximum atomic E-state index is 15.7. The standard InChI is InChI=1S/C28H33ClFN3/c1-22-5-2-3-7-24(22)11-14-28(29,30)26-9-10-27(33-19-17-32-18-20-33)25(21-26)8-4-6-23-12-15-31-16-13-23/h2-3,5,7,9-10,12-13,15-16,21,32H,4,6,8,11,14,17-20H2,1H3. The van der Waals surface area contributed by atoms with Crippen molar-refractivity contribution in [1.29, 1.82) is 0 Å². The van der Waals surface area contributed by atoms with E-state index in [4.69, 9.17) is 11.6 Å². The molecule has 1 atom stereocenters. The zero-order valence-electron chi connectivity index (χ0n) is 19.4. The van der Waals surface area contributed by atoms with Crippen molar-refractivity contribution >= 4 is 17.3 Å². The van der Waals surface area contributed by atoms with Crippen LogP contribution in [0.2, 0.25) is 0 Å². The summed E-state index contributed by atoms with van der Waals surface area (Å²) < 4.78 is 15.7. The van der Waals surface area contributed by atoms with Gasteiger partial charge in [-0.2, -0.15) is 0 Å². The molecule has 1 N–H and O–H groups in total. The van der Waals surface area contributed by atoms with Gasteiger partial charge in [0.15, 0.2) is 0 Å². The van der Waals surface area contributed by atoms with Crippen LogP contribution in [-0.2, 0) is 24.4 Å². The predicted molar refractivity (Wildman–Crippen MR) is 136 cm³/mol. The van der Waals surface area contributed by atoms with Crippen LogP contribution in [0.15, 0.2) is 67.0 Å². The van der Waals surface area contributed by atoms with Crippen molar-refractivity contribution in [3.05, 3.63) is 94.8 Å². The van der Waals surface area contributed by atoms with Gasteiger partial charge in [0.05, 0.1) is 0 Å². The van der Waals surface area contributed by atoms with Crippen molar-refractivity contribution in [2.45, 2.75) is 44.2 Å². The zero-order chi connectivity index (χ0) is 23.1. The molecule has 2 aromatic carbocycles. The van der Waals surface area contributed by atoms with Crippen molar-refractivity contribution in [2.75, 3.05) is 31.1 Å². The van der Waals surface area contributed by atoms with Gasteiger partial charge in [-0.1, -0.05) is 41.9 Å². The number of aryl methyl sites for hydroxylation is 4. The van der Waals surface area contributed by atoms with Gasteiger partial charge in [0, 0.05) is 56.2 Å². The number of benzene rings is 2. The first kappa shape index (κ1) is 23.7. The molecule has 3 nitrogen and oxygen atoms in total. The van der Waals surface area contributed by atoms with Gasteiger partial charge in [-0.3, -0.25) is 4.98 Å². The van der Waals surface area contributed by atoms with E-state index >= 15 is 4.39 Å². The molecule has 1 aliphatic rings. The number of aromatic nitrogens is 1. The van der Waals surface area contributed by atoms with Gasteiger partial charge < -0.3 is 10.2 Å². The van der Waals surface area contributed by atoms with E-state index in [-0.39, 0.29) is 6.42 Å². The maximum absolute atomic E-state index is 15.7. The summed E-state index contributed by atoms with van der Waals surface area (Å²) in [6.07, 6.45) is 7.40. The topological polar surface area (TPSA) is 28.2 Å². The molecule has 0 amide bonds. The van der Waals surface area contributed by atoms with Crippen molar-refractivity contribution in [1.82, 2.24) is 10.3 Å². The average Bonchev–Trinajstić information content (AvgIpc) is 2.85. The van der Waals surface area contributed by atoms with Gasteiger partial charge in [-0.15, -0.1) is 0 Å². The quantitative estimate of drug-likeness (QED) is 0.394. The fourth-order valence-electron chi connectivity index (χ4n) is 4.59. The smallest absolute Gasteiger partial charge is 0.209 e. The van der Waals surface area contributed by atoms with Crippen molar-refractivity contribution in [3.63, 3.8) is 0 Å². The molecule has 2 heterocycles. The van der Waals surface area contributed by atoms with Crippen LogP contribution in [0.4, 0.5) is 10.1 Å². The van der Waals surface area contributed by atoms with E-state index in [1.54, 1.807) is 0 Å².